The molecule has 0 aliphatic carbocycles. The van der Waals surface area contributed by atoms with Gasteiger partial charge in [0.05, 0.1) is 6.54 Å². The summed E-state index contributed by atoms with van der Waals surface area (Å²) < 4.78 is 2.66. The van der Waals surface area contributed by atoms with Crippen molar-refractivity contribution in [2.45, 2.75) is 6.54 Å². The van der Waals surface area contributed by atoms with E-state index in [0.717, 1.165) is 21.9 Å². The van der Waals surface area contributed by atoms with Gasteiger partial charge in [0.2, 0.25) is 0 Å². The van der Waals surface area contributed by atoms with Crippen LogP contribution in [0.3, 0.4) is 0 Å². The van der Waals surface area contributed by atoms with Crippen LogP contribution in [0.15, 0.2) is 35.6 Å². The Morgan fingerprint density at radius 2 is 2.29 bits per heavy atom. The Labute approximate surface area is 105 Å². The van der Waals surface area contributed by atoms with Crippen molar-refractivity contribution in [2.75, 3.05) is 5.32 Å². The first-order valence-corrected chi connectivity index (χ1v) is 5.83. The van der Waals surface area contributed by atoms with Crippen molar-refractivity contribution < 1.29 is 0 Å². The summed E-state index contributed by atoms with van der Waals surface area (Å²) in [6.45, 7) is 0.582. The third-order valence-electron chi connectivity index (χ3n) is 2.32. The number of hydrogen-bond donors (Lipinski definition) is 2. The highest BCUT2D eigenvalue weighted by Crippen LogP contribution is 2.17. The Bertz CT molecular complexity index is 629. The lowest BCUT2D eigenvalue weighted by Crippen LogP contribution is -2.05. The van der Waals surface area contributed by atoms with Crippen molar-refractivity contribution in [3.63, 3.8) is 0 Å². The van der Waals surface area contributed by atoms with E-state index < -0.39 is 0 Å². The van der Waals surface area contributed by atoms with E-state index in [1.165, 1.54) is 0 Å². The van der Waals surface area contributed by atoms with Gasteiger partial charge in [-0.3, -0.25) is 0 Å². The number of rotatable bonds is 3. The molecule has 3 aromatic rings. The summed E-state index contributed by atoms with van der Waals surface area (Å²) in [4.78, 5) is 15.8. The van der Waals surface area contributed by atoms with Crippen LogP contribution in [-0.2, 0) is 6.54 Å². The number of aromatic nitrogens is 5. The Hall–Kier alpha value is -1.89. The zero-order valence-electron chi connectivity index (χ0n) is 8.76. The van der Waals surface area contributed by atoms with Crippen LogP contribution in [-0.4, -0.2) is 24.3 Å². The molecular weight excluding hydrogens is 284 g/mol. The average molecular weight is 293 g/mol. The predicted molar refractivity (Wildman–Crippen MR) is 66.6 cm³/mol. The van der Waals surface area contributed by atoms with Crippen LogP contribution in [0.1, 0.15) is 5.82 Å². The molecule has 0 saturated heterocycles. The molecule has 0 aliphatic heterocycles. The van der Waals surface area contributed by atoms with E-state index >= 15 is 0 Å². The van der Waals surface area contributed by atoms with Gasteiger partial charge in [-0.05, 0) is 15.9 Å². The third-order valence-corrected chi connectivity index (χ3v) is 2.70. The van der Waals surface area contributed by atoms with Crippen molar-refractivity contribution in [1.29, 1.82) is 0 Å². The summed E-state index contributed by atoms with van der Waals surface area (Å²) in [5, 5.41) is 3.20. The van der Waals surface area contributed by atoms with Crippen LogP contribution in [0.5, 0.6) is 0 Å². The minimum atomic E-state index is 0.582. The fourth-order valence-corrected chi connectivity index (χ4v) is 1.98. The van der Waals surface area contributed by atoms with Gasteiger partial charge in [0.15, 0.2) is 11.5 Å². The second kappa shape index (κ2) is 4.17. The Morgan fingerprint density at radius 1 is 1.35 bits per heavy atom. The zero-order chi connectivity index (χ0) is 11.7. The quantitative estimate of drug-likeness (QED) is 0.773. The zero-order valence-corrected chi connectivity index (χ0v) is 10.3. The second-order valence-electron chi connectivity index (χ2n) is 3.46. The van der Waals surface area contributed by atoms with Crippen LogP contribution >= 0.6 is 15.9 Å². The molecule has 0 unspecified atom stereocenters. The van der Waals surface area contributed by atoms with Crippen LogP contribution in [0.2, 0.25) is 0 Å². The van der Waals surface area contributed by atoms with Gasteiger partial charge in [0, 0.05) is 31.0 Å². The molecule has 0 radical (unpaired) electrons. The van der Waals surface area contributed by atoms with Crippen molar-refractivity contribution in [3.8, 4) is 0 Å². The van der Waals surface area contributed by atoms with E-state index in [-0.39, 0.29) is 0 Å². The highest BCUT2D eigenvalue weighted by molar-refractivity contribution is 9.10. The summed E-state index contributed by atoms with van der Waals surface area (Å²) in [5.74, 6) is 1.58. The number of hydrogen-bond acceptors (Lipinski definition) is 4. The number of halogens is 1. The number of imidazole rings is 2. The van der Waals surface area contributed by atoms with Gasteiger partial charge in [-0.25, -0.2) is 15.0 Å². The summed E-state index contributed by atoms with van der Waals surface area (Å²) in [6, 6.07) is 0. The smallest absolute Gasteiger partial charge is 0.180 e. The molecule has 3 rings (SSSR count). The molecule has 0 spiro atoms. The molecule has 0 bridgehead atoms. The summed E-state index contributed by atoms with van der Waals surface area (Å²) in [6.07, 6.45) is 8.98. The SMILES string of the molecule is Brc1cn2ccnc2c(NCc2ncc[nH]2)n1. The summed E-state index contributed by atoms with van der Waals surface area (Å²) in [5.41, 5.74) is 0.791. The Kier molecular flexibility index (Phi) is 2.52. The van der Waals surface area contributed by atoms with Gasteiger partial charge in [-0.1, -0.05) is 0 Å². The molecule has 0 saturated carbocycles. The molecule has 86 valence electrons. The predicted octanol–water partition coefficient (Wildman–Crippen LogP) is 1.83. The van der Waals surface area contributed by atoms with E-state index in [0.29, 0.717) is 6.54 Å². The average Bonchev–Trinajstić information content (AvgIpc) is 2.95. The topological polar surface area (TPSA) is 70.9 Å². The molecule has 3 aromatic heterocycles. The highest BCUT2D eigenvalue weighted by atomic mass is 79.9. The molecule has 0 fully saturated rings. The van der Waals surface area contributed by atoms with E-state index in [1.54, 1.807) is 18.6 Å². The molecule has 17 heavy (non-hydrogen) atoms. The molecular formula is C10H9BrN6. The Balaban J connectivity index is 1.91. The highest BCUT2D eigenvalue weighted by Gasteiger charge is 2.06. The van der Waals surface area contributed by atoms with Gasteiger partial charge in [0.25, 0.3) is 0 Å². The summed E-state index contributed by atoms with van der Waals surface area (Å²) >= 11 is 3.36. The lowest BCUT2D eigenvalue weighted by molar-refractivity contribution is 0.977. The van der Waals surface area contributed by atoms with Crippen molar-refractivity contribution in [1.82, 2.24) is 24.3 Å². The largest absolute Gasteiger partial charge is 0.360 e. The number of nitrogens with zero attached hydrogens (tertiary/aromatic N) is 4. The molecule has 0 atom stereocenters. The van der Waals surface area contributed by atoms with Gasteiger partial charge in [-0.2, -0.15) is 0 Å². The number of H-pyrrole nitrogens is 1. The van der Waals surface area contributed by atoms with E-state index in [9.17, 15) is 0 Å². The van der Waals surface area contributed by atoms with Crippen LogP contribution in [0.4, 0.5) is 5.82 Å². The van der Waals surface area contributed by atoms with E-state index in [4.69, 9.17) is 0 Å². The minimum absolute atomic E-state index is 0.582. The number of aromatic amines is 1. The fraction of sp³-hybridized carbons (Fsp3) is 0.100. The maximum atomic E-state index is 4.35. The van der Waals surface area contributed by atoms with Crippen molar-refractivity contribution >= 4 is 27.4 Å². The molecule has 3 heterocycles. The lowest BCUT2D eigenvalue weighted by Gasteiger charge is -2.05. The van der Waals surface area contributed by atoms with Gasteiger partial charge < -0.3 is 14.7 Å². The van der Waals surface area contributed by atoms with Crippen LogP contribution < -0.4 is 5.32 Å². The molecule has 7 heteroatoms. The van der Waals surface area contributed by atoms with Crippen LogP contribution in [0, 0.1) is 0 Å². The second-order valence-corrected chi connectivity index (χ2v) is 4.27. The van der Waals surface area contributed by atoms with Gasteiger partial charge in [-0.15, -0.1) is 0 Å². The maximum absolute atomic E-state index is 4.35. The first kappa shape index (κ1) is 10.3. The molecule has 0 aliphatic rings. The fourth-order valence-electron chi connectivity index (χ4n) is 1.58. The maximum Gasteiger partial charge on any atom is 0.180 e. The normalized spacial score (nSPS) is 10.9. The summed E-state index contributed by atoms with van der Waals surface area (Å²) in [7, 11) is 0. The number of anilines is 1. The number of fused-ring (bicyclic) bond motifs is 1. The molecule has 0 amide bonds. The first-order valence-electron chi connectivity index (χ1n) is 5.04. The van der Waals surface area contributed by atoms with E-state index in [1.807, 2.05) is 16.8 Å². The molecule has 0 aromatic carbocycles. The van der Waals surface area contributed by atoms with E-state index in [2.05, 4.69) is 41.2 Å². The molecule has 2 N–H and O–H groups in total. The lowest BCUT2D eigenvalue weighted by atomic mass is 10.5. The van der Waals surface area contributed by atoms with Gasteiger partial charge in [0.1, 0.15) is 10.4 Å². The monoisotopic (exact) mass is 292 g/mol. The minimum Gasteiger partial charge on any atom is -0.360 e. The standard InChI is InChI=1S/C10H9BrN6/c11-7-6-17-4-3-14-10(17)9(16-7)15-5-8-12-1-2-13-8/h1-4,6H,5H2,(H,12,13)(H,15,16). The first-order chi connectivity index (χ1) is 8.33. The number of nitrogens with one attached hydrogen (secondary N) is 2. The van der Waals surface area contributed by atoms with Crippen LogP contribution in [0.25, 0.3) is 5.65 Å². The van der Waals surface area contributed by atoms with Crippen molar-refractivity contribution in [3.05, 3.63) is 41.4 Å². The van der Waals surface area contributed by atoms with Gasteiger partial charge >= 0.3 is 0 Å². The Morgan fingerprint density at radius 3 is 3.12 bits per heavy atom. The molecule has 6 nitrogen and oxygen atoms in total. The third kappa shape index (κ3) is 2.01. The van der Waals surface area contributed by atoms with Crippen molar-refractivity contribution in [2.24, 2.45) is 0 Å².